The van der Waals surface area contributed by atoms with Crippen molar-refractivity contribution in [2.24, 2.45) is 0 Å². The van der Waals surface area contributed by atoms with Crippen LogP contribution < -0.4 is 5.32 Å². The van der Waals surface area contributed by atoms with E-state index in [2.05, 4.69) is 12.2 Å². The lowest BCUT2D eigenvalue weighted by Gasteiger charge is -2.17. The monoisotopic (exact) mass is 334 g/mol. The predicted octanol–water partition coefficient (Wildman–Crippen LogP) is 2.51. The van der Waals surface area contributed by atoms with Gasteiger partial charge in [0.15, 0.2) is 0 Å². The maximum Gasteiger partial charge on any atom is 0.229 e. The van der Waals surface area contributed by atoms with Crippen molar-refractivity contribution in [3.8, 4) is 0 Å². The smallest absolute Gasteiger partial charge is 0.229 e. The Morgan fingerprint density at radius 3 is 2.39 bits per heavy atom. The number of hydrogen-bond donors (Lipinski definition) is 1. The van der Waals surface area contributed by atoms with Crippen LogP contribution in [0.4, 0.5) is 0 Å². The van der Waals surface area contributed by atoms with Gasteiger partial charge in [0.2, 0.25) is 17.7 Å². The van der Waals surface area contributed by atoms with Crippen molar-refractivity contribution in [1.29, 1.82) is 0 Å². The SMILES string of the molecule is CCSc1ccc([C@@H](C)NC(=O)CCN2C(=O)CCC2=O)cc1. The molecular weight excluding hydrogens is 312 g/mol. The van der Waals surface area contributed by atoms with E-state index < -0.39 is 0 Å². The number of thioether (sulfide) groups is 1. The topological polar surface area (TPSA) is 66.5 Å². The van der Waals surface area contributed by atoms with E-state index in [9.17, 15) is 14.4 Å². The van der Waals surface area contributed by atoms with E-state index >= 15 is 0 Å². The van der Waals surface area contributed by atoms with Crippen molar-refractivity contribution in [3.63, 3.8) is 0 Å². The van der Waals surface area contributed by atoms with Crippen LogP contribution >= 0.6 is 11.8 Å². The molecule has 1 heterocycles. The van der Waals surface area contributed by atoms with Crippen molar-refractivity contribution < 1.29 is 14.4 Å². The number of likely N-dealkylation sites (tertiary alicyclic amines) is 1. The van der Waals surface area contributed by atoms with Gasteiger partial charge in [0.25, 0.3) is 0 Å². The lowest BCUT2D eigenvalue weighted by Crippen LogP contribution is -2.34. The molecule has 1 saturated heterocycles. The van der Waals surface area contributed by atoms with Gasteiger partial charge in [0.1, 0.15) is 0 Å². The van der Waals surface area contributed by atoms with Crippen molar-refractivity contribution in [1.82, 2.24) is 10.2 Å². The number of rotatable bonds is 7. The fourth-order valence-electron chi connectivity index (χ4n) is 2.50. The molecule has 1 aliphatic rings. The van der Waals surface area contributed by atoms with Crippen LogP contribution in [0.5, 0.6) is 0 Å². The second-order valence-electron chi connectivity index (χ2n) is 5.48. The lowest BCUT2D eigenvalue weighted by molar-refractivity contribution is -0.138. The Kier molecular flexibility index (Phi) is 6.21. The first-order chi connectivity index (χ1) is 11.0. The van der Waals surface area contributed by atoms with E-state index in [1.54, 1.807) is 11.8 Å². The molecule has 124 valence electrons. The van der Waals surface area contributed by atoms with Gasteiger partial charge in [0.05, 0.1) is 6.04 Å². The molecular formula is C17H22N2O3S. The van der Waals surface area contributed by atoms with Crippen LogP contribution in [-0.2, 0) is 14.4 Å². The molecule has 1 atom stereocenters. The normalized spacial score (nSPS) is 15.8. The average Bonchev–Trinajstić information content (AvgIpc) is 2.85. The molecule has 6 heteroatoms. The molecule has 1 aromatic carbocycles. The summed E-state index contributed by atoms with van der Waals surface area (Å²) in [6.45, 7) is 4.20. The summed E-state index contributed by atoms with van der Waals surface area (Å²) >= 11 is 1.78. The molecule has 0 saturated carbocycles. The van der Waals surface area contributed by atoms with E-state index in [-0.39, 0.29) is 49.6 Å². The summed E-state index contributed by atoms with van der Waals surface area (Å²) in [5, 5.41) is 2.91. The van der Waals surface area contributed by atoms with Crippen LogP contribution in [-0.4, -0.2) is 34.9 Å². The maximum atomic E-state index is 12.0. The number of benzene rings is 1. The van der Waals surface area contributed by atoms with E-state index in [1.807, 2.05) is 31.2 Å². The minimum Gasteiger partial charge on any atom is -0.350 e. The molecule has 3 amide bonds. The number of imide groups is 1. The largest absolute Gasteiger partial charge is 0.350 e. The van der Waals surface area contributed by atoms with Crippen LogP contribution in [0.1, 0.15) is 44.7 Å². The molecule has 0 unspecified atom stereocenters. The molecule has 1 aliphatic heterocycles. The zero-order valence-corrected chi connectivity index (χ0v) is 14.3. The first-order valence-electron chi connectivity index (χ1n) is 7.86. The number of carbonyl (C=O) groups excluding carboxylic acids is 3. The first kappa shape index (κ1) is 17.5. The Labute approximate surface area is 140 Å². The Bertz CT molecular complexity index is 570. The van der Waals surface area contributed by atoms with Crippen LogP contribution in [0.15, 0.2) is 29.2 Å². The minimum absolute atomic E-state index is 0.104. The van der Waals surface area contributed by atoms with E-state index in [4.69, 9.17) is 0 Å². The molecule has 1 N–H and O–H groups in total. The number of nitrogens with zero attached hydrogens (tertiary/aromatic N) is 1. The molecule has 0 radical (unpaired) electrons. The first-order valence-corrected chi connectivity index (χ1v) is 8.85. The Morgan fingerprint density at radius 2 is 1.83 bits per heavy atom. The summed E-state index contributed by atoms with van der Waals surface area (Å²) < 4.78 is 0. The third-order valence-corrected chi connectivity index (χ3v) is 4.68. The van der Waals surface area contributed by atoms with E-state index in [1.165, 1.54) is 9.80 Å². The van der Waals surface area contributed by atoms with Gasteiger partial charge < -0.3 is 5.32 Å². The minimum atomic E-state index is -0.181. The second kappa shape index (κ2) is 8.15. The highest BCUT2D eigenvalue weighted by atomic mass is 32.2. The van der Waals surface area contributed by atoms with Crippen molar-refractivity contribution in [2.45, 2.75) is 44.0 Å². The Balaban J connectivity index is 1.82. The third-order valence-electron chi connectivity index (χ3n) is 3.79. The summed E-state index contributed by atoms with van der Waals surface area (Å²) in [6, 6.07) is 8.02. The van der Waals surface area contributed by atoms with Gasteiger partial charge in [-0.05, 0) is 30.4 Å². The molecule has 5 nitrogen and oxygen atoms in total. The summed E-state index contributed by atoms with van der Waals surface area (Å²) in [5.41, 5.74) is 1.03. The zero-order valence-electron chi connectivity index (χ0n) is 13.5. The van der Waals surface area contributed by atoms with Gasteiger partial charge in [0, 0.05) is 30.7 Å². The lowest BCUT2D eigenvalue weighted by atomic mass is 10.1. The number of carbonyl (C=O) groups is 3. The number of nitrogens with one attached hydrogen (secondary N) is 1. The van der Waals surface area contributed by atoms with Crippen LogP contribution in [0.2, 0.25) is 0 Å². The second-order valence-corrected chi connectivity index (χ2v) is 6.82. The van der Waals surface area contributed by atoms with Gasteiger partial charge in [-0.15, -0.1) is 11.8 Å². The van der Waals surface area contributed by atoms with Gasteiger partial charge in [-0.1, -0.05) is 19.1 Å². The standard InChI is InChI=1S/C17H22N2O3S/c1-3-23-14-6-4-13(5-7-14)12(2)18-15(20)10-11-19-16(21)8-9-17(19)22/h4-7,12H,3,8-11H2,1-2H3,(H,18,20)/t12-/m1/s1. The van der Waals surface area contributed by atoms with Gasteiger partial charge >= 0.3 is 0 Å². The summed E-state index contributed by atoms with van der Waals surface area (Å²) in [6.07, 6.45) is 0.670. The third kappa shape index (κ3) is 4.82. The summed E-state index contributed by atoms with van der Waals surface area (Å²) in [5.74, 6) is 0.510. The van der Waals surface area contributed by atoms with E-state index in [0.717, 1.165) is 11.3 Å². The molecule has 0 aliphatic carbocycles. The van der Waals surface area contributed by atoms with Crippen molar-refractivity contribution >= 4 is 29.5 Å². The molecule has 1 aromatic rings. The van der Waals surface area contributed by atoms with Crippen molar-refractivity contribution in [2.75, 3.05) is 12.3 Å². The van der Waals surface area contributed by atoms with E-state index in [0.29, 0.717) is 0 Å². The molecule has 1 fully saturated rings. The Hall–Kier alpha value is -1.82. The highest BCUT2D eigenvalue weighted by Crippen LogP contribution is 2.20. The summed E-state index contributed by atoms with van der Waals surface area (Å²) in [7, 11) is 0. The van der Waals surface area contributed by atoms with Crippen LogP contribution in [0.3, 0.4) is 0 Å². The average molecular weight is 334 g/mol. The predicted molar refractivity (Wildman–Crippen MR) is 90.0 cm³/mol. The Morgan fingerprint density at radius 1 is 1.22 bits per heavy atom. The maximum absolute atomic E-state index is 12.0. The molecule has 2 rings (SSSR count). The van der Waals surface area contributed by atoms with Crippen LogP contribution in [0.25, 0.3) is 0 Å². The fourth-order valence-corrected chi connectivity index (χ4v) is 3.16. The highest BCUT2D eigenvalue weighted by molar-refractivity contribution is 7.99. The van der Waals surface area contributed by atoms with Gasteiger partial charge in [-0.2, -0.15) is 0 Å². The molecule has 23 heavy (non-hydrogen) atoms. The van der Waals surface area contributed by atoms with Crippen molar-refractivity contribution in [3.05, 3.63) is 29.8 Å². The molecule has 0 spiro atoms. The molecule has 0 aromatic heterocycles. The van der Waals surface area contributed by atoms with Gasteiger partial charge in [-0.3, -0.25) is 19.3 Å². The molecule has 0 bridgehead atoms. The number of amides is 3. The zero-order chi connectivity index (χ0) is 16.8. The fraction of sp³-hybridized carbons (Fsp3) is 0.471. The summed E-state index contributed by atoms with van der Waals surface area (Å²) in [4.78, 5) is 37.4. The number of hydrogen-bond acceptors (Lipinski definition) is 4. The van der Waals surface area contributed by atoms with Gasteiger partial charge in [-0.25, -0.2) is 0 Å². The highest BCUT2D eigenvalue weighted by Gasteiger charge is 2.28. The van der Waals surface area contributed by atoms with Crippen LogP contribution in [0, 0.1) is 0 Å². The quantitative estimate of drug-likeness (QED) is 0.615.